The van der Waals surface area contributed by atoms with Crippen LogP contribution in [0.3, 0.4) is 0 Å². The van der Waals surface area contributed by atoms with E-state index >= 15 is 0 Å². The second-order valence-electron chi connectivity index (χ2n) is 7.66. The minimum absolute atomic E-state index is 0.0140. The van der Waals surface area contributed by atoms with E-state index in [-0.39, 0.29) is 24.9 Å². The van der Waals surface area contributed by atoms with Gasteiger partial charge in [-0.25, -0.2) is 4.39 Å². The fraction of sp³-hybridized carbons (Fsp3) is 0.667. The molecule has 10 heteroatoms. The molecule has 1 heterocycles. The van der Waals surface area contributed by atoms with E-state index in [1.54, 1.807) is 6.92 Å². The number of halogens is 4. The summed E-state index contributed by atoms with van der Waals surface area (Å²) < 4.78 is 56.5. The smallest absolute Gasteiger partial charge is 0.401 e. The molecule has 2 unspecified atom stereocenters. The standard InChI is InChI=1S/C21H32F4N4O2/c1-3-26-20(27-11-18(30)14-31-19-7-5-17(22)6-8-19)29-10-9-16(13-29)12-28(4-2)15-21(23,24)25/h5-8,16,18,30H,3-4,9-15H2,1-2H3,(H,26,27). The number of aliphatic hydroxyl groups excluding tert-OH is 1. The Morgan fingerprint density at radius 2 is 2.03 bits per heavy atom. The number of nitrogens with zero attached hydrogens (tertiary/aromatic N) is 3. The number of benzene rings is 1. The third kappa shape index (κ3) is 9.30. The molecule has 0 saturated carbocycles. The highest BCUT2D eigenvalue weighted by atomic mass is 19.4. The summed E-state index contributed by atoms with van der Waals surface area (Å²) in [6, 6.07) is 5.53. The lowest BCUT2D eigenvalue weighted by Gasteiger charge is -2.26. The Hall–Kier alpha value is -2.07. The first kappa shape index (κ1) is 25.2. The van der Waals surface area contributed by atoms with Crippen LogP contribution in [0.15, 0.2) is 29.3 Å². The molecule has 1 aliphatic heterocycles. The van der Waals surface area contributed by atoms with Gasteiger partial charge in [0, 0.05) is 26.2 Å². The second kappa shape index (κ2) is 12.1. The second-order valence-corrected chi connectivity index (χ2v) is 7.66. The lowest BCUT2D eigenvalue weighted by molar-refractivity contribution is -0.146. The average molecular weight is 449 g/mol. The maximum atomic E-state index is 12.9. The molecule has 6 nitrogen and oxygen atoms in total. The molecule has 2 N–H and O–H groups in total. The summed E-state index contributed by atoms with van der Waals surface area (Å²) in [7, 11) is 0. The molecule has 1 aromatic rings. The molecular formula is C21H32F4N4O2. The molecule has 1 fully saturated rings. The first-order valence-corrected chi connectivity index (χ1v) is 10.6. The number of hydrogen-bond acceptors (Lipinski definition) is 4. The monoisotopic (exact) mass is 448 g/mol. The normalized spacial score (nSPS) is 18.5. The number of rotatable bonds is 10. The molecule has 1 aliphatic rings. The van der Waals surface area contributed by atoms with Crippen molar-refractivity contribution in [3.8, 4) is 5.75 Å². The van der Waals surface area contributed by atoms with Crippen LogP contribution < -0.4 is 10.1 Å². The van der Waals surface area contributed by atoms with Crippen LogP contribution in [0, 0.1) is 11.7 Å². The van der Waals surface area contributed by atoms with Crippen molar-refractivity contribution in [1.29, 1.82) is 0 Å². The van der Waals surface area contributed by atoms with Crippen molar-refractivity contribution in [2.24, 2.45) is 10.9 Å². The Morgan fingerprint density at radius 1 is 1.32 bits per heavy atom. The summed E-state index contributed by atoms with van der Waals surface area (Å²) in [5.74, 6) is 0.845. The van der Waals surface area contributed by atoms with Crippen LogP contribution in [0.5, 0.6) is 5.75 Å². The van der Waals surface area contributed by atoms with E-state index in [9.17, 15) is 22.7 Å². The summed E-state index contributed by atoms with van der Waals surface area (Å²) in [5, 5.41) is 13.3. The Morgan fingerprint density at radius 3 is 2.65 bits per heavy atom. The Labute approximate surface area is 180 Å². The first-order valence-electron chi connectivity index (χ1n) is 10.6. The van der Waals surface area contributed by atoms with Crippen LogP contribution in [0.4, 0.5) is 17.6 Å². The van der Waals surface area contributed by atoms with Crippen molar-refractivity contribution in [2.45, 2.75) is 32.5 Å². The molecule has 2 atom stereocenters. The van der Waals surface area contributed by atoms with E-state index < -0.39 is 18.8 Å². The molecule has 1 aromatic carbocycles. The van der Waals surface area contributed by atoms with Gasteiger partial charge in [0.2, 0.25) is 0 Å². The van der Waals surface area contributed by atoms with Gasteiger partial charge in [0.15, 0.2) is 5.96 Å². The van der Waals surface area contributed by atoms with Crippen LogP contribution in [0.1, 0.15) is 20.3 Å². The highest BCUT2D eigenvalue weighted by Crippen LogP contribution is 2.21. The van der Waals surface area contributed by atoms with Crippen molar-refractivity contribution < 1.29 is 27.4 Å². The Bertz CT molecular complexity index is 685. The van der Waals surface area contributed by atoms with Gasteiger partial charge < -0.3 is 20.1 Å². The van der Waals surface area contributed by atoms with Crippen molar-refractivity contribution in [3.63, 3.8) is 0 Å². The van der Waals surface area contributed by atoms with Gasteiger partial charge >= 0.3 is 6.18 Å². The first-order chi connectivity index (χ1) is 14.7. The van der Waals surface area contributed by atoms with Crippen LogP contribution in [-0.4, -0.2) is 85.6 Å². The zero-order valence-corrected chi connectivity index (χ0v) is 18.0. The van der Waals surface area contributed by atoms with E-state index in [2.05, 4.69) is 10.3 Å². The number of aliphatic imine (C=N–C) groups is 1. The van der Waals surface area contributed by atoms with Crippen molar-refractivity contribution in [1.82, 2.24) is 15.1 Å². The molecular weight excluding hydrogens is 416 g/mol. The number of alkyl halides is 3. The van der Waals surface area contributed by atoms with Crippen molar-refractivity contribution in [3.05, 3.63) is 30.1 Å². The molecule has 0 radical (unpaired) electrons. The predicted octanol–water partition coefficient (Wildman–Crippen LogP) is 2.74. The summed E-state index contributed by atoms with van der Waals surface area (Å²) >= 11 is 0. The molecule has 176 valence electrons. The zero-order chi connectivity index (χ0) is 22.9. The molecule has 0 amide bonds. The average Bonchev–Trinajstić information content (AvgIpc) is 3.17. The Balaban J connectivity index is 1.85. The SMILES string of the molecule is CCNC(=NCC(O)COc1ccc(F)cc1)N1CCC(CN(CC)CC(F)(F)F)C1. The fourth-order valence-electron chi connectivity index (χ4n) is 3.49. The topological polar surface area (TPSA) is 60.3 Å². The van der Waals surface area contributed by atoms with Gasteiger partial charge in [-0.05, 0) is 50.1 Å². The molecule has 0 bridgehead atoms. The number of likely N-dealkylation sites (tertiary alicyclic amines) is 1. The fourth-order valence-corrected chi connectivity index (χ4v) is 3.49. The van der Waals surface area contributed by atoms with Gasteiger partial charge in [0.25, 0.3) is 0 Å². The third-order valence-electron chi connectivity index (χ3n) is 4.99. The van der Waals surface area contributed by atoms with Crippen LogP contribution in [0.25, 0.3) is 0 Å². The Kier molecular flexibility index (Phi) is 9.83. The maximum absolute atomic E-state index is 12.9. The number of aliphatic hydroxyl groups is 1. The summed E-state index contributed by atoms with van der Waals surface area (Å²) in [4.78, 5) is 7.91. The summed E-state index contributed by atoms with van der Waals surface area (Å²) in [6.45, 7) is 5.58. The summed E-state index contributed by atoms with van der Waals surface area (Å²) in [5.41, 5.74) is 0. The van der Waals surface area contributed by atoms with E-state index in [4.69, 9.17) is 4.74 Å². The van der Waals surface area contributed by atoms with Crippen LogP contribution in [-0.2, 0) is 0 Å². The quantitative estimate of drug-likeness (QED) is 0.328. The number of nitrogens with one attached hydrogen (secondary N) is 1. The van der Waals surface area contributed by atoms with Gasteiger partial charge in [-0.15, -0.1) is 0 Å². The van der Waals surface area contributed by atoms with E-state index in [0.29, 0.717) is 44.4 Å². The number of ether oxygens (including phenoxy) is 1. The highest BCUT2D eigenvalue weighted by molar-refractivity contribution is 5.80. The minimum Gasteiger partial charge on any atom is -0.491 e. The molecule has 0 spiro atoms. The van der Waals surface area contributed by atoms with Crippen LogP contribution in [0.2, 0.25) is 0 Å². The molecule has 1 saturated heterocycles. The van der Waals surface area contributed by atoms with E-state index in [0.717, 1.165) is 6.42 Å². The molecule has 0 aromatic heterocycles. The molecule has 31 heavy (non-hydrogen) atoms. The zero-order valence-electron chi connectivity index (χ0n) is 18.0. The van der Waals surface area contributed by atoms with Gasteiger partial charge in [-0.1, -0.05) is 6.92 Å². The van der Waals surface area contributed by atoms with Gasteiger partial charge in [-0.3, -0.25) is 9.89 Å². The highest BCUT2D eigenvalue weighted by Gasteiger charge is 2.33. The van der Waals surface area contributed by atoms with Gasteiger partial charge in [0.05, 0.1) is 13.1 Å². The molecule has 2 rings (SSSR count). The van der Waals surface area contributed by atoms with Crippen LogP contribution >= 0.6 is 0 Å². The van der Waals surface area contributed by atoms with Gasteiger partial charge in [0.1, 0.15) is 24.3 Å². The van der Waals surface area contributed by atoms with E-state index in [1.807, 2.05) is 11.8 Å². The largest absolute Gasteiger partial charge is 0.491 e. The maximum Gasteiger partial charge on any atom is 0.401 e. The van der Waals surface area contributed by atoms with Crippen molar-refractivity contribution in [2.75, 3.05) is 52.4 Å². The third-order valence-corrected chi connectivity index (χ3v) is 4.99. The lowest BCUT2D eigenvalue weighted by Crippen LogP contribution is -2.42. The van der Waals surface area contributed by atoms with Crippen molar-refractivity contribution >= 4 is 5.96 Å². The lowest BCUT2D eigenvalue weighted by atomic mass is 10.1. The van der Waals surface area contributed by atoms with E-state index in [1.165, 1.54) is 29.2 Å². The molecule has 0 aliphatic carbocycles. The van der Waals surface area contributed by atoms with Gasteiger partial charge in [-0.2, -0.15) is 13.2 Å². The number of guanidine groups is 1. The summed E-state index contributed by atoms with van der Waals surface area (Å²) in [6.07, 6.45) is -4.26. The minimum atomic E-state index is -4.20. The predicted molar refractivity (Wildman–Crippen MR) is 112 cm³/mol. The number of hydrogen-bond donors (Lipinski definition) is 2.